The zero-order valence-electron chi connectivity index (χ0n) is 9.19. The minimum absolute atomic E-state index is 0.00694. The average molecular weight is 338 g/mol. The molecule has 0 aliphatic carbocycles. The van der Waals surface area contributed by atoms with Crippen LogP contribution in [-0.4, -0.2) is 36.5 Å². The summed E-state index contributed by atoms with van der Waals surface area (Å²) in [4.78, 5) is 15.6. The summed E-state index contributed by atoms with van der Waals surface area (Å²) in [5.41, 5.74) is 0.00694. The zero-order valence-corrected chi connectivity index (χ0v) is 11.3. The number of halogens is 1. The summed E-state index contributed by atoms with van der Waals surface area (Å²) in [5.74, 6) is 0. The van der Waals surface area contributed by atoms with Gasteiger partial charge in [0.2, 0.25) is 0 Å². The van der Waals surface area contributed by atoms with Gasteiger partial charge < -0.3 is 9.47 Å². The van der Waals surface area contributed by atoms with Gasteiger partial charge in [0.05, 0.1) is 23.1 Å². The van der Waals surface area contributed by atoms with Crippen LogP contribution in [0.2, 0.25) is 0 Å². The molecule has 0 aliphatic heterocycles. The van der Waals surface area contributed by atoms with Gasteiger partial charge in [0, 0.05) is 26.5 Å². The predicted octanol–water partition coefficient (Wildman–Crippen LogP) is 0.901. The lowest BCUT2D eigenvalue weighted by Gasteiger charge is -2.06. The van der Waals surface area contributed by atoms with Gasteiger partial charge in [0.15, 0.2) is 0 Å². The van der Waals surface area contributed by atoms with Crippen molar-refractivity contribution in [3.8, 4) is 0 Å². The van der Waals surface area contributed by atoms with E-state index in [1.807, 2.05) is 22.6 Å². The second-order valence-corrected chi connectivity index (χ2v) is 4.36. The van der Waals surface area contributed by atoms with Crippen LogP contribution in [0, 0.1) is 3.57 Å². The third-order valence-electron chi connectivity index (χ3n) is 1.98. The highest BCUT2D eigenvalue weighted by Gasteiger charge is 1.99. The van der Waals surface area contributed by atoms with Gasteiger partial charge in [0.1, 0.15) is 0 Å². The molecule has 5 nitrogen and oxygen atoms in total. The summed E-state index contributed by atoms with van der Waals surface area (Å²) >= 11 is 1.99. The number of rotatable bonds is 7. The monoisotopic (exact) mass is 338 g/mol. The first-order valence-electron chi connectivity index (χ1n) is 5.02. The van der Waals surface area contributed by atoms with E-state index in [2.05, 4.69) is 4.98 Å². The largest absolute Gasteiger partial charge is 0.382 e. The van der Waals surface area contributed by atoms with Crippen LogP contribution in [0.1, 0.15) is 6.42 Å². The van der Waals surface area contributed by atoms with E-state index >= 15 is 0 Å². The van der Waals surface area contributed by atoms with E-state index in [9.17, 15) is 4.79 Å². The third kappa shape index (κ3) is 4.58. The van der Waals surface area contributed by atoms with E-state index in [1.165, 1.54) is 0 Å². The summed E-state index contributed by atoms with van der Waals surface area (Å²) in [6.07, 6.45) is 3.92. The number of aryl methyl sites for hydroxylation is 1. The molecule has 0 radical (unpaired) electrons. The van der Waals surface area contributed by atoms with Crippen molar-refractivity contribution in [1.29, 1.82) is 0 Å². The van der Waals surface area contributed by atoms with Crippen molar-refractivity contribution >= 4 is 22.6 Å². The predicted molar refractivity (Wildman–Crippen MR) is 68.5 cm³/mol. The van der Waals surface area contributed by atoms with Crippen molar-refractivity contribution in [2.75, 3.05) is 26.9 Å². The fraction of sp³-hybridized carbons (Fsp3) is 0.600. The van der Waals surface area contributed by atoms with Crippen LogP contribution in [0.5, 0.6) is 0 Å². The molecule has 90 valence electrons. The summed E-state index contributed by atoms with van der Waals surface area (Å²) in [7, 11) is 1.64. The molecule has 0 saturated carbocycles. The quantitative estimate of drug-likeness (QED) is 0.548. The fourth-order valence-corrected chi connectivity index (χ4v) is 1.64. The maximum absolute atomic E-state index is 11.6. The molecule has 16 heavy (non-hydrogen) atoms. The molecule has 1 rings (SSSR count). The number of aromatic nitrogens is 2. The lowest BCUT2D eigenvalue weighted by atomic mass is 10.4. The Morgan fingerprint density at radius 1 is 1.44 bits per heavy atom. The van der Waals surface area contributed by atoms with E-state index in [1.54, 1.807) is 24.2 Å². The van der Waals surface area contributed by atoms with E-state index in [0.29, 0.717) is 29.9 Å². The smallest absolute Gasteiger partial charge is 0.266 e. The molecule has 0 aliphatic rings. The Kier molecular flexibility index (Phi) is 6.58. The number of hydrogen-bond donors (Lipinski definition) is 0. The summed E-state index contributed by atoms with van der Waals surface area (Å²) in [5, 5.41) is 0. The second kappa shape index (κ2) is 7.75. The van der Waals surface area contributed by atoms with Crippen molar-refractivity contribution < 1.29 is 9.47 Å². The number of nitrogens with zero attached hydrogens (tertiary/aromatic N) is 2. The van der Waals surface area contributed by atoms with Crippen LogP contribution in [0.15, 0.2) is 17.3 Å². The molecule has 6 heteroatoms. The van der Waals surface area contributed by atoms with Crippen LogP contribution in [0.4, 0.5) is 0 Å². The molecule has 0 bridgehead atoms. The van der Waals surface area contributed by atoms with Gasteiger partial charge in [0.25, 0.3) is 5.56 Å². The number of hydrogen-bond acceptors (Lipinski definition) is 4. The first-order chi connectivity index (χ1) is 7.75. The highest BCUT2D eigenvalue weighted by molar-refractivity contribution is 14.1. The van der Waals surface area contributed by atoms with Gasteiger partial charge in [-0.15, -0.1) is 0 Å². The molecule has 0 aromatic carbocycles. The topological polar surface area (TPSA) is 53.4 Å². The Balaban J connectivity index is 2.27. The molecule has 1 aromatic rings. The van der Waals surface area contributed by atoms with Crippen molar-refractivity contribution in [3.63, 3.8) is 0 Å². The number of methoxy groups -OCH3 is 1. The van der Waals surface area contributed by atoms with Crippen molar-refractivity contribution in [1.82, 2.24) is 9.55 Å². The lowest BCUT2D eigenvalue weighted by Crippen LogP contribution is -2.23. The third-order valence-corrected chi connectivity index (χ3v) is 2.72. The SMILES string of the molecule is COCCOCCCn1cncc(I)c1=O. The maximum Gasteiger partial charge on any atom is 0.266 e. The van der Waals surface area contributed by atoms with E-state index in [0.717, 1.165) is 6.42 Å². The highest BCUT2D eigenvalue weighted by atomic mass is 127. The van der Waals surface area contributed by atoms with Crippen molar-refractivity contribution in [3.05, 3.63) is 26.4 Å². The maximum atomic E-state index is 11.6. The Labute approximate surface area is 108 Å². The first-order valence-corrected chi connectivity index (χ1v) is 6.10. The van der Waals surface area contributed by atoms with Gasteiger partial charge in [-0.25, -0.2) is 4.98 Å². The van der Waals surface area contributed by atoms with Gasteiger partial charge in [-0.05, 0) is 29.0 Å². The molecule has 0 N–H and O–H groups in total. The zero-order chi connectivity index (χ0) is 11.8. The number of ether oxygens (including phenoxy) is 2. The van der Waals surface area contributed by atoms with Crippen LogP contribution in [0.3, 0.4) is 0 Å². The lowest BCUT2D eigenvalue weighted by molar-refractivity contribution is 0.0679. The Morgan fingerprint density at radius 2 is 2.25 bits per heavy atom. The summed E-state index contributed by atoms with van der Waals surface area (Å²) in [6.45, 7) is 2.46. The minimum Gasteiger partial charge on any atom is -0.382 e. The Hall–Kier alpha value is -0.470. The summed E-state index contributed by atoms with van der Waals surface area (Å²) < 4.78 is 12.4. The standard InChI is InChI=1S/C10H15IN2O3/c1-15-5-6-16-4-2-3-13-8-12-7-9(11)10(13)14/h7-8H,2-6H2,1H3. The molecule has 0 atom stereocenters. The first kappa shape index (κ1) is 13.6. The van der Waals surface area contributed by atoms with Crippen LogP contribution in [-0.2, 0) is 16.0 Å². The van der Waals surface area contributed by atoms with Crippen molar-refractivity contribution in [2.45, 2.75) is 13.0 Å². The van der Waals surface area contributed by atoms with Gasteiger partial charge in [-0.1, -0.05) is 0 Å². The minimum atomic E-state index is 0.00694. The Morgan fingerprint density at radius 3 is 3.00 bits per heavy atom. The van der Waals surface area contributed by atoms with E-state index in [4.69, 9.17) is 9.47 Å². The molecular formula is C10H15IN2O3. The van der Waals surface area contributed by atoms with Gasteiger partial charge in [-0.2, -0.15) is 0 Å². The van der Waals surface area contributed by atoms with Crippen LogP contribution < -0.4 is 5.56 Å². The molecule has 1 heterocycles. The van der Waals surface area contributed by atoms with E-state index < -0.39 is 0 Å². The fourth-order valence-electron chi connectivity index (χ4n) is 1.16. The molecule has 0 fully saturated rings. The van der Waals surface area contributed by atoms with Gasteiger partial charge >= 0.3 is 0 Å². The molecular weight excluding hydrogens is 323 g/mol. The van der Waals surface area contributed by atoms with E-state index in [-0.39, 0.29) is 5.56 Å². The molecule has 1 aromatic heterocycles. The summed E-state index contributed by atoms with van der Waals surface area (Å²) in [6, 6.07) is 0. The van der Waals surface area contributed by atoms with Gasteiger partial charge in [-0.3, -0.25) is 9.36 Å². The highest BCUT2D eigenvalue weighted by Crippen LogP contribution is 1.94. The van der Waals surface area contributed by atoms with Crippen LogP contribution >= 0.6 is 22.6 Å². The average Bonchev–Trinajstić information content (AvgIpc) is 2.29. The second-order valence-electron chi connectivity index (χ2n) is 3.20. The normalized spacial score (nSPS) is 10.6. The Bertz CT molecular complexity index is 367. The van der Waals surface area contributed by atoms with Crippen molar-refractivity contribution in [2.24, 2.45) is 0 Å². The molecule has 0 unspecified atom stereocenters. The van der Waals surface area contributed by atoms with Crippen LogP contribution in [0.25, 0.3) is 0 Å². The molecule has 0 amide bonds. The molecule has 0 saturated heterocycles. The molecule has 0 spiro atoms.